The third kappa shape index (κ3) is 3.63. The Morgan fingerprint density at radius 2 is 1.88 bits per heavy atom. The predicted octanol–water partition coefficient (Wildman–Crippen LogP) is 5.22. The van der Waals surface area contributed by atoms with Crippen molar-refractivity contribution in [2.75, 3.05) is 11.5 Å². The molecule has 5 nitrogen and oxygen atoms in total. The second-order valence-corrected chi connectivity index (χ2v) is 8.45. The predicted molar refractivity (Wildman–Crippen MR) is 123 cm³/mol. The molecule has 1 saturated heterocycles. The first-order chi connectivity index (χ1) is 16.3. The van der Waals surface area contributed by atoms with Crippen LogP contribution in [-0.2, 0) is 16.0 Å². The van der Waals surface area contributed by atoms with E-state index >= 15 is 0 Å². The van der Waals surface area contributed by atoms with Gasteiger partial charge in [0.25, 0.3) is 11.7 Å². The molecule has 5 rings (SSSR count). The first-order valence-electron chi connectivity index (χ1n) is 10.9. The number of rotatable bonds is 3. The monoisotopic (exact) mass is 461 g/mol. The molecule has 0 spiro atoms. The van der Waals surface area contributed by atoms with Crippen LogP contribution in [0.5, 0.6) is 5.75 Å². The summed E-state index contributed by atoms with van der Waals surface area (Å²) in [5.41, 5.74) is 2.01. The second kappa shape index (κ2) is 8.41. The number of aryl methyl sites for hydroxylation is 2. The molecular formula is C27H21F2NO4. The molecule has 7 heteroatoms. The Morgan fingerprint density at radius 1 is 1.06 bits per heavy atom. The van der Waals surface area contributed by atoms with Gasteiger partial charge in [-0.2, -0.15) is 0 Å². The highest BCUT2D eigenvalue weighted by Gasteiger charge is 2.48. The lowest BCUT2D eigenvalue weighted by molar-refractivity contribution is -0.132. The lowest BCUT2D eigenvalue weighted by Gasteiger charge is -2.26. The third-order valence-corrected chi connectivity index (χ3v) is 6.15. The maximum Gasteiger partial charge on any atom is 0.300 e. The molecule has 0 aliphatic carbocycles. The van der Waals surface area contributed by atoms with Gasteiger partial charge in [0.05, 0.1) is 23.9 Å². The minimum Gasteiger partial charge on any atom is -0.507 e. The van der Waals surface area contributed by atoms with Crippen LogP contribution in [0, 0.1) is 18.6 Å². The molecule has 0 radical (unpaired) electrons. The van der Waals surface area contributed by atoms with Crippen LogP contribution < -0.4 is 9.64 Å². The zero-order chi connectivity index (χ0) is 24.0. The highest BCUT2D eigenvalue weighted by atomic mass is 19.1. The number of halogens is 2. The fourth-order valence-electron chi connectivity index (χ4n) is 4.57. The van der Waals surface area contributed by atoms with Crippen LogP contribution in [0.25, 0.3) is 5.76 Å². The van der Waals surface area contributed by atoms with E-state index in [0.29, 0.717) is 23.5 Å². The third-order valence-electron chi connectivity index (χ3n) is 6.15. The van der Waals surface area contributed by atoms with Gasteiger partial charge in [-0.05, 0) is 61.2 Å². The smallest absolute Gasteiger partial charge is 0.300 e. The van der Waals surface area contributed by atoms with Gasteiger partial charge in [0, 0.05) is 11.6 Å². The van der Waals surface area contributed by atoms with E-state index in [9.17, 15) is 23.5 Å². The number of carbonyl (C=O) groups is 2. The van der Waals surface area contributed by atoms with Gasteiger partial charge in [-0.15, -0.1) is 0 Å². The molecule has 34 heavy (non-hydrogen) atoms. The number of hydrogen-bond donors (Lipinski definition) is 1. The molecule has 1 fully saturated rings. The molecule has 1 N–H and O–H groups in total. The molecule has 3 aromatic rings. The van der Waals surface area contributed by atoms with Crippen LogP contribution in [0.2, 0.25) is 0 Å². The Morgan fingerprint density at radius 3 is 2.68 bits per heavy atom. The Labute approximate surface area is 194 Å². The van der Waals surface area contributed by atoms with Crippen LogP contribution in [0.4, 0.5) is 14.5 Å². The van der Waals surface area contributed by atoms with Crippen LogP contribution in [0.1, 0.15) is 34.7 Å². The van der Waals surface area contributed by atoms with Crippen molar-refractivity contribution in [2.24, 2.45) is 0 Å². The molecule has 3 aromatic carbocycles. The van der Waals surface area contributed by atoms with Crippen molar-refractivity contribution >= 4 is 23.1 Å². The number of ether oxygens (including phenoxy) is 1. The number of benzene rings is 3. The van der Waals surface area contributed by atoms with Crippen molar-refractivity contribution in [3.05, 3.63) is 100 Å². The maximum absolute atomic E-state index is 14.8. The number of Topliss-reactive ketones (excluding diaryl/α,β-unsaturated/α-hetero) is 1. The summed E-state index contributed by atoms with van der Waals surface area (Å²) in [5, 5.41) is 11.3. The summed E-state index contributed by atoms with van der Waals surface area (Å²) in [7, 11) is 0. The molecule has 2 heterocycles. The number of carbonyl (C=O) groups excluding carboxylic acids is 2. The Hall–Kier alpha value is -4.00. The fourth-order valence-corrected chi connectivity index (χ4v) is 4.57. The quantitative estimate of drug-likeness (QED) is 0.330. The van der Waals surface area contributed by atoms with E-state index in [1.165, 1.54) is 0 Å². The van der Waals surface area contributed by atoms with Gasteiger partial charge in [-0.1, -0.05) is 29.8 Å². The largest absolute Gasteiger partial charge is 0.507 e. The summed E-state index contributed by atoms with van der Waals surface area (Å²) in [6.07, 6.45) is 1.57. The number of aliphatic hydroxyl groups excluding tert-OH is 1. The van der Waals surface area contributed by atoms with Crippen molar-refractivity contribution in [3.8, 4) is 5.75 Å². The van der Waals surface area contributed by atoms with E-state index in [1.807, 2.05) is 13.0 Å². The molecule has 172 valence electrons. The number of hydrogen-bond acceptors (Lipinski definition) is 4. The number of ketones is 1. The summed E-state index contributed by atoms with van der Waals surface area (Å²) in [5.74, 6) is -3.29. The van der Waals surface area contributed by atoms with Crippen molar-refractivity contribution < 1.29 is 28.2 Å². The van der Waals surface area contributed by atoms with Gasteiger partial charge in [0.15, 0.2) is 0 Å². The van der Waals surface area contributed by atoms with E-state index in [4.69, 9.17) is 4.74 Å². The minimum absolute atomic E-state index is 0.184. The number of nitrogens with zero attached hydrogens (tertiary/aromatic N) is 1. The van der Waals surface area contributed by atoms with Gasteiger partial charge in [-0.25, -0.2) is 8.78 Å². The summed E-state index contributed by atoms with van der Waals surface area (Å²) >= 11 is 0. The van der Waals surface area contributed by atoms with Gasteiger partial charge < -0.3 is 9.84 Å². The normalized spacial score (nSPS) is 19.1. The molecule has 1 unspecified atom stereocenters. The Kier molecular flexibility index (Phi) is 5.40. The van der Waals surface area contributed by atoms with Crippen LogP contribution in [-0.4, -0.2) is 23.4 Å². The minimum atomic E-state index is -1.14. The zero-order valence-corrected chi connectivity index (χ0v) is 18.3. The average Bonchev–Trinajstić information content (AvgIpc) is 3.10. The highest BCUT2D eigenvalue weighted by Crippen LogP contribution is 2.43. The lowest BCUT2D eigenvalue weighted by Crippen LogP contribution is -2.30. The maximum atomic E-state index is 14.8. The number of fused-ring (bicyclic) bond motifs is 1. The Balaban J connectivity index is 1.73. The van der Waals surface area contributed by atoms with Gasteiger partial charge in [-0.3, -0.25) is 14.5 Å². The molecule has 0 saturated carbocycles. The van der Waals surface area contributed by atoms with E-state index in [1.54, 1.807) is 36.4 Å². The van der Waals surface area contributed by atoms with E-state index in [0.717, 1.165) is 47.1 Å². The number of anilines is 1. The zero-order valence-electron chi connectivity index (χ0n) is 18.3. The first-order valence-corrected chi connectivity index (χ1v) is 10.9. The summed E-state index contributed by atoms with van der Waals surface area (Å²) in [6.45, 7) is 2.44. The Bertz CT molecular complexity index is 1360. The molecule has 0 bridgehead atoms. The molecular weight excluding hydrogens is 440 g/mol. The van der Waals surface area contributed by atoms with Crippen molar-refractivity contribution in [2.45, 2.75) is 25.8 Å². The summed E-state index contributed by atoms with van der Waals surface area (Å²) < 4.78 is 34.4. The number of aliphatic hydroxyl groups is 1. The molecule has 1 amide bonds. The van der Waals surface area contributed by atoms with Gasteiger partial charge >= 0.3 is 0 Å². The van der Waals surface area contributed by atoms with Crippen LogP contribution >= 0.6 is 0 Å². The molecule has 2 aliphatic heterocycles. The number of amides is 1. The fraction of sp³-hybridized carbons (Fsp3) is 0.185. The average molecular weight is 461 g/mol. The first kappa shape index (κ1) is 21.8. The van der Waals surface area contributed by atoms with E-state index in [2.05, 4.69) is 0 Å². The van der Waals surface area contributed by atoms with Crippen molar-refractivity contribution in [1.82, 2.24) is 0 Å². The summed E-state index contributed by atoms with van der Waals surface area (Å²) in [4.78, 5) is 27.3. The van der Waals surface area contributed by atoms with Crippen LogP contribution in [0.3, 0.4) is 0 Å². The SMILES string of the molecule is Cc1cccc(C2/C(=C(/O)c3ccc4c(c3)CCCO4)C(=O)C(=O)N2c2cc(F)ccc2F)c1. The van der Waals surface area contributed by atoms with Crippen LogP contribution in [0.15, 0.2) is 66.2 Å². The van der Waals surface area contributed by atoms with Gasteiger partial charge in [0.2, 0.25) is 0 Å². The van der Waals surface area contributed by atoms with E-state index < -0.39 is 29.4 Å². The topological polar surface area (TPSA) is 66.8 Å². The second-order valence-electron chi connectivity index (χ2n) is 8.45. The van der Waals surface area contributed by atoms with E-state index in [-0.39, 0.29) is 17.0 Å². The standard InChI is InChI=1S/C27H21F2NO4/c1-15-4-2-5-17(12-15)24-23(25(31)18-7-10-22-16(13-18)6-3-11-34-22)26(32)27(33)30(24)21-14-19(28)8-9-20(21)29/h2,4-5,7-10,12-14,24,31H,3,6,11H2,1H3/b25-23-. The highest BCUT2D eigenvalue weighted by molar-refractivity contribution is 6.51. The lowest BCUT2D eigenvalue weighted by atomic mass is 9.93. The molecule has 0 aromatic heterocycles. The van der Waals surface area contributed by atoms with Crippen molar-refractivity contribution in [3.63, 3.8) is 0 Å². The molecule has 1 atom stereocenters. The van der Waals surface area contributed by atoms with Crippen molar-refractivity contribution in [1.29, 1.82) is 0 Å². The summed E-state index contributed by atoms with van der Waals surface area (Å²) in [6, 6.07) is 13.6. The van der Waals surface area contributed by atoms with Gasteiger partial charge in [0.1, 0.15) is 23.1 Å². The molecule has 2 aliphatic rings.